The van der Waals surface area contributed by atoms with Crippen molar-refractivity contribution in [1.82, 2.24) is 25.1 Å². The molecule has 2 aliphatic rings. The summed E-state index contributed by atoms with van der Waals surface area (Å²) in [5.41, 5.74) is 1.86. The normalized spacial score (nSPS) is 23.3. The van der Waals surface area contributed by atoms with Gasteiger partial charge >= 0.3 is 0 Å². The lowest BCUT2D eigenvalue weighted by atomic mass is 9.90. The first-order valence-corrected chi connectivity index (χ1v) is 10.3. The van der Waals surface area contributed by atoms with E-state index in [4.69, 9.17) is 4.74 Å². The summed E-state index contributed by atoms with van der Waals surface area (Å²) < 4.78 is 19.4. The minimum absolute atomic E-state index is 0.313. The summed E-state index contributed by atoms with van der Waals surface area (Å²) in [5.74, 6) is 0.444. The molecule has 5 rings (SSSR count). The topological polar surface area (TPSA) is 79.0 Å². The molecular weight excluding hydrogens is 371 g/mol. The van der Waals surface area contributed by atoms with Crippen LogP contribution in [-0.4, -0.2) is 63.5 Å². The van der Waals surface area contributed by atoms with E-state index in [1.54, 1.807) is 6.33 Å². The largest absolute Gasteiger partial charge is 0.379 e. The summed E-state index contributed by atoms with van der Waals surface area (Å²) in [6, 6.07) is 6.69. The first-order valence-electron chi connectivity index (χ1n) is 10.3. The Labute approximate surface area is 168 Å². The van der Waals surface area contributed by atoms with Crippen molar-refractivity contribution in [2.24, 2.45) is 0 Å². The first-order chi connectivity index (χ1) is 14.3. The second-order valence-electron chi connectivity index (χ2n) is 7.83. The fourth-order valence-corrected chi connectivity index (χ4v) is 4.52. The van der Waals surface area contributed by atoms with Gasteiger partial charge in [0.05, 0.1) is 24.9 Å². The molecule has 0 spiro atoms. The molecule has 0 bridgehead atoms. The lowest BCUT2D eigenvalue weighted by Gasteiger charge is -2.39. The Morgan fingerprint density at radius 2 is 1.93 bits per heavy atom. The molecule has 2 N–H and O–H groups in total. The van der Waals surface area contributed by atoms with Gasteiger partial charge in [-0.1, -0.05) is 6.07 Å². The second-order valence-corrected chi connectivity index (χ2v) is 7.83. The average molecular weight is 396 g/mol. The van der Waals surface area contributed by atoms with Crippen LogP contribution >= 0.6 is 0 Å². The summed E-state index contributed by atoms with van der Waals surface area (Å²) in [7, 11) is 0. The van der Waals surface area contributed by atoms with Crippen LogP contribution in [0.5, 0.6) is 0 Å². The van der Waals surface area contributed by atoms with Crippen molar-refractivity contribution in [3.63, 3.8) is 0 Å². The zero-order chi connectivity index (χ0) is 19.6. The number of benzene rings is 1. The van der Waals surface area contributed by atoms with E-state index < -0.39 is 0 Å². The molecule has 0 atom stereocenters. The summed E-state index contributed by atoms with van der Waals surface area (Å²) >= 11 is 0. The second kappa shape index (κ2) is 8.04. The van der Waals surface area contributed by atoms with E-state index in [0.29, 0.717) is 23.3 Å². The number of rotatable bonds is 4. The number of halogens is 1. The third-order valence-corrected chi connectivity index (χ3v) is 6.10. The van der Waals surface area contributed by atoms with Crippen LogP contribution in [-0.2, 0) is 4.74 Å². The Morgan fingerprint density at radius 3 is 2.69 bits per heavy atom. The van der Waals surface area contributed by atoms with Crippen molar-refractivity contribution in [3.05, 3.63) is 36.5 Å². The Balaban J connectivity index is 1.32. The molecule has 1 saturated heterocycles. The monoisotopic (exact) mass is 396 g/mol. The van der Waals surface area contributed by atoms with Crippen molar-refractivity contribution in [2.75, 3.05) is 31.6 Å². The van der Waals surface area contributed by atoms with Crippen molar-refractivity contribution in [3.8, 4) is 11.3 Å². The molecule has 152 valence electrons. The molecule has 0 unspecified atom stereocenters. The predicted molar refractivity (Wildman–Crippen MR) is 109 cm³/mol. The number of hydrogen-bond donors (Lipinski definition) is 2. The van der Waals surface area contributed by atoms with E-state index in [2.05, 4.69) is 30.4 Å². The molecule has 0 radical (unpaired) electrons. The van der Waals surface area contributed by atoms with Crippen molar-refractivity contribution in [1.29, 1.82) is 0 Å². The molecule has 1 saturated carbocycles. The summed E-state index contributed by atoms with van der Waals surface area (Å²) in [5, 5.41) is 11.1. The Morgan fingerprint density at radius 1 is 1.10 bits per heavy atom. The minimum atomic E-state index is -0.364. The van der Waals surface area contributed by atoms with E-state index in [-0.39, 0.29) is 5.82 Å². The number of fused-ring (bicyclic) bond motifs is 1. The van der Waals surface area contributed by atoms with E-state index in [9.17, 15) is 4.39 Å². The van der Waals surface area contributed by atoms with Gasteiger partial charge in [-0.05, 0) is 37.8 Å². The summed E-state index contributed by atoms with van der Waals surface area (Å²) in [4.78, 5) is 11.4. The lowest BCUT2D eigenvalue weighted by Crippen LogP contribution is -2.46. The average Bonchev–Trinajstić information content (AvgIpc) is 3.21. The maximum atomic E-state index is 13.9. The molecule has 2 fully saturated rings. The first kappa shape index (κ1) is 18.4. The van der Waals surface area contributed by atoms with Crippen LogP contribution in [0.3, 0.4) is 0 Å². The van der Waals surface area contributed by atoms with Gasteiger partial charge in [0, 0.05) is 36.1 Å². The highest BCUT2D eigenvalue weighted by Gasteiger charge is 2.27. The van der Waals surface area contributed by atoms with Crippen LogP contribution in [0.2, 0.25) is 0 Å². The Kier molecular flexibility index (Phi) is 5.12. The third kappa shape index (κ3) is 3.82. The number of H-pyrrole nitrogens is 1. The number of ether oxygens (including phenoxy) is 1. The van der Waals surface area contributed by atoms with Crippen LogP contribution in [0, 0.1) is 5.82 Å². The molecule has 2 aromatic heterocycles. The number of hydrogen-bond acceptors (Lipinski definition) is 6. The molecule has 8 heteroatoms. The zero-order valence-electron chi connectivity index (χ0n) is 16.3. The number of nitrogens with zero attached hydrogens (tertiary/aromatic N) is 4. The quantitative estimate of drug-likeness (QED) is 0.705. The number of morpholine rings is 1. The fraction of sp³-hybridized carbons (Fsp3) is 0.476. The third-order valence-electron chi connectivity index (χ3n) is 6.10. The molecule has 0 amide bonds. The molecular formula is C21H25FN6O. The summed E-state index contributed by atoms with van der Waals surface area (Å²) in [6.45, 7) is 3.80. The van der Waals surface area contributed by atoms with Crippen LogP contribution < -0.4 is 5.32 Å². The SMILES string of the molecule is Fc1c[nH]nc1-c1ccc2ncnc(NC3CCC(N4CCOCC4)CC3)c2c1. The molecule has 3 aromatic rings. The van der Waals surface area contributed by atoms with Gasteiger partial charge in [0.2, 0.25) is 0 Å². The van der Waals surface area contributed by atoms with Crippen molar-refractivity contribution < 1.29 is 9.13 Å². The fourth-order valence-electron chi connectivity index (χ4n) is 4.52. The molecule has 1 aliphatic carbocycles. The predicted octanol–water partition coefficient (Wildman–Crippen LogP) is 3.21. The highest BCUT2D eigenvalue weighted by molar-refractivity contribution is 5.92. The Bertz CT molecular complexity index is 978. The number of anilines is 1. The van der Waals surface area contributed by atoms with Gasteiger partial charge in [-0.15, -0.1) is 0 Å². The Hall–Kier alpha value is -2.58. The van der Waals surface area contributed by atoms with Crippen molar-refractivity contribution in [2.45, 2.75) is 37.8 Å². The maximum absolute atomic E-state index is 13.9. The molecule has 1 aliphatic heterocycles. The number of nitrogens with one attached hydrogen (secondary N) is 2. The highest BCUT2D eigenvalue weighted by atomic mass is 19.1. The van der Waals surface area contributed by atoms with Crippen LogP contribution in [0.15, 0.2) is 30.7 Å². The highest BCUT2D eigenvalue weighted by Crippen LogP contribution is 2.30. The van der Waals surface area contributed by atoms with Crippen molar-refractivity contribution >= 4 is 16.7 Å². The van der Waals surface area contributed by atoms with Gasteiger partial charge in [-0.3, -0.25) is 10.00 Å². The van der Waals surface area contributed by atoms with Gasteiger partial charge in [0.25, 0.3) is 0 Å². The number of aromatic nitrogens is 4. The summed E-state index contributed by atoms with van der Waals surface area (Å²) in [6.07, 6.45) is 7.43. The molecule has 7 nitrogen and oxygen atoms in total. The van der Waals surface area contributed by atoms with Gasteiger partial charge in [0.15, 0.2) is 5.82 Å². The lowest BCUT2D eigenvalue weighted by molar-refractivity contribution is 0.00791. The van der Waals surface area contributed by atoms with Gasteiger partial charge in [-0.2, -0.15) is 5.10 Å². The van der Waals surface area contributed by atoms with E-state index in [1.807, 2.05) is 18.2 Å². The van der Waals surface area contributed by atoms with Crippen LogP contribution in [0.4, 0.5) is 10.2 Å². The molecule has 29 heavy (non-hydrogen) atoms. The molecule has 1 aromatic carbocycles. The van der Waals surface area contributed by atoms with Gasteiger partial charge < -0.3 is 10.1 Å². The number of aromatic amines is 1. The van der Waals surface area contributed by atoms with E-state index in [1.165, 1.54) is 19.0 Å². The standard InChI is InChI=1S/C21H25FN6O/c22-18-12-25-27-20(18)14-1-6-19-17(11-14)21(24-13-23-19)26-15-2-4-16(5-3-15)28-7-9-29-10-8-28/h1,6,11-13,15-16H,2-5,7-10H2,(H,25,27)(H,23,24,26). The minimum Gasteiger partial charge on any atom is -0.379 e. The van der Waals surface area contributed by atoms with Gasteiger partial charge in [-0.25, -0.2) is 14.4 Å². The maximum Gasteiger partial charge on any atom is 0.168 e. The van der Waals surface area contributed by atoms with Gasteiger partial charge in [0.1, 0.15) is 17.8 Å². The molecule has 3 heterocycles. The van der Waals surface area contributed by atoms with E-state index >= 15 is 0 Å². The van der Waals surface area contributed by atoms with E-state index in [0.717, 1.165) is 55.9 Å². The van der Waals surface area contributed by atoms with Crippen LogP contribution in [0.25, 0.3) is 22.2 Å². The zero-order valence-corrected chi connectivity index (χ0v) is 16.3. The van der Waals surface area contributed by atoms with Crippen LogP contribution in [0.1, 0.15) is 25.7 Å². The smallest absolute Gasteiger partial charge is 0.168 e.